The van der Waals surface area contributed by atoms with Crippen LogP contribution in [0.2, 0.25) is 0 Å². The second-order valence-corrected chi connectivity index (χ2v) is 4.43. The maximum Gasteiger partial charge on any atom is 0.249 e. The van der Waals surface area contributed by atoms with Crippen molar-refractivity contribution in [1.29, 1.82) is 0 Å². The van der Waals surface area contributed by atoms with Crippen molar-refractivity contribution in [3.05, 3.63) is 36.5 Å². The summed E-state index contributed by atoms with van der Waals surface area (Å²) in [5, 5.41) is 14.2. The van der Waals surface area contributed by atoms with Crippen LogP contribution >= 0.6 is 0 Å². The van der Waals surface area contributed by atoms with E-state index in [4.69, 9.17) is 0 Å². The van der Waals surface area contributed by atoms with Gasteiger partial charge in [0, 0.05) is 12.2 Å². The molecule has 1 aromatic heterocycles. The van der Waals surface area contributed by atoms with Crippen molar-refractivity contribution in [2.24, 2.45) is 5.92 Å². The lowest BCUT2D eigenvalue weighted by Crippen LogP contribution is -2.10. The van der Waals surface area contributed by atoms with Gasteiger partial charge in [0.15, 0.2) is 5.82 Å². The van der Waals surface area contributed by atoms with Crippen LogP contribution in [0.25, 0.3) is 0 Å². The average molecular weight is 243 g/mol. The van der Waals surface area contributed by atoms with Gasteiger partial charge in [0.25, 0.3) is 0 Å². The van der Waals surface area contributed by atoms with Crippen molar-refractivity contribution in [2.75, 3.05) is 17.2 Å². The lowest BCUT2D eigenvalue weighted by atomic mass is 10.2. The standard InChI is InChI=1S/C13H17N5/c1-10(2)8-14-12-9-15-18-13(17-12)16-11-6-4-3-5-7-11/h3-7,9-10H,8H2,1-2H3,(H2,14,16,17,18). The largest absolute Gasteiger partial charge is 0.368 e. The molecule has 94 valence electrons. The summed E-state index contributed by atoms with van der Waals surface area (Å²) >= 11 is 0. The number of para-hydroxylation sites is 1. The lowest BCUT2D eigenvalue weighted by molar-refractivity contribution is 0.686. The summed E-state index contributed by atoms with van der Waals surface area (Å²) in [4.78, 5) is 4.34. The van der Waals surface area contributed by atoms with E-state index >= 15 is 0 Å². The van der Waals surface area contributed by atoms with Gasteiger partial charge >= 0.3 is 0 Å². The van der Waals surface area contributed by atoms with Crippen LogP contribution in [0, 0.1) is 5.92 Å². The quantitative estimate of drug-likeness (QED) is 0.845. The van der Waals surface area contributed by atoms with Crippen LogP contribution < -0.4 is 10.6 Å². The summed E-state index contributed by atoms with van der Waals surface area (Å²) in [7, 11) is 0. The minimum absolute atomic E-state index is 0.495. The fraction of sp³-hybridized carbons (Fsp3) is 0.308. The number of aromatic nitrogens is 3. The SMILES string of the molecule is CC(C)CNc1cnnc(Nc2ccccc2)n1. The van der Waals surface area contributed by atoms with Gasteiger partial charge in [-0.25, -0.2) is 0 Å². The molecule has 2 rings (SSSR count). The van der Waals surface area contributed by atoms with Gasteiger partial charge in [0.1, 0.15) is 0 Å². The van der Waals surface area contributed by atoms with Gasteiger partial charge < -0.3 is 10.6 Å². The molecular formula is C13H17N5. The van der Waals surface area contributed by atoms with E-state index in [0.717, 1.165) is 18.1 Å². The maximum atomic E-state index is 4.34. The molecule has 0 saturated carbocycles. The molecular weight excluding hydrogens is 226 g/mol. The Morgan fingerprint density at radius 3 is 2.67 bits per heavy atom. The van der Waals surface area contributed by atoms with E-state index < -0.39 is 0 Å². The minimum atomic E-state index is 0.495. The zero-order valence-corrected chi connectivity index (χ0v) is 10.6. The molecule has 0 fully saturated rings. The molecule has 0 unspecified atom stereocenters. The van der Waals surface area contributed by atoms with Gasteiger partial charge in [0.2, 0.25) is 5.95 Å². The number of nitrogens with zero attached hydrogens (tertiary/aromatic N) is 3. The first-order valence-corrected chi connectivity index (χ1v) is 5.99. The molecule has 2 N–H and O–H groups in total. The first-order chi connectivity index (χ1) is 8.74. The predicted molar refractivity (Wildman–Crippen MR) is 72.9 cm³/mol. The van der Waals surface area contributed by atoms with Crippen molar-refractivity contribution in [2.45, 2.75) is 13.8 Å². The van der Waals surface area contributed by atoms with Gasteiger partial charge in [-0.15, -0.1) is 5.10 Å². The van der Waals surface area contributed by atoms with Crippen LogP contribution in [0.15, 0.2) is 36.5 Å². The van der Waals surface area contributed by atoms with Crippen molar-refractivity contribution in [3.63, 3.8) is 0 Å². The van der Waals surface area contributed by atoms with Crippen molar-refractivity contribution >= 4 is 17.5 Å². The Morgan fingerprint density at radius 1 is 1.17 bits per heavy atom. The van der Waals surface area contributed by atoms with Crippen LogP contribution in [0.1, 0.15) is 13.8 Å². The summed E-state index contributed by atoms with van der Waals surface area (Å²) < 4.78 is 0. The predicted octanol–water partition coefficient (Wildman–Crippen LogP) is 2.68. The second kappa shape index (κ2) is 5.95. The third kappa shape index (κ3) is 3.69. The average Bonchev–Trinajstić information content (AvgIpc) is 2.38. The Bertz CT molecular complexity index is 484. The zero-order chi connectivity index (χ0) is 12.8. The molecule has 0 spiro atoms. The number of benzene rings is 1. The molecule has 0 aliphatic carbocycles. The molecule has 0 radical (unpaired) electrons. The molecule has 0 atom stereocenters. The van der Waals surface area contributed by atoms with Crippen molar-refractivity contribution < 1.29 is 0 Å². The van der Waals surface area contributed by atoms with Crippen LogP contribution in [0.3, 0.4) is 0 Å². The normalized spacial score (nSPS) is 10.4. The Kier molecular flexibility index (Phi) is 4.06. The summed E-state index contributed by atoms with van der Waals surface area (Å²) in [5.41, 5.74) is 0.945. The number of nitrogens with one attached hydrogen (secondary N) is 2. The first kappa shape index (κ1) is 12.3. The number of rotatable bonds is 5. The fourth-order valence-electron chi connectivity index (χ4n) is 1.40. The highest BCUT2D eigenvalue weighted by Gasteiger charge is 2.01. The second-order valence-electron chi connectivity index (χ2n) is 4.43. The summed E-state index contributed by atoms with van der Waals surface area (Å²) in [6.45, 7) is 5.15. The van der Waals surface area contributed by atoms with Gasteiger partial charge in [-0.2, -0.15) is 10.1 Å². The van der Waals surface area contributed by atoms with Gasteiger partial charge in [-0.05, 0) is 18.1 Å². The lowest BCUT2D eigenvalue weighted by Gasteiger charge is -2.09. The van der Waals surface area contributed by atoms with E-state index in [9.17, 15) is 0 Å². The molecule has 0 aliphatic rings. The molecule has 0 amide bonds. The topological polar surface area (TPSA) is 62.7 Å². The summed E-state index contributed by atoms with van der Waals surface area (Å²) in [5.74, 6) is 1.79. The molecule has 5 nitrogen and oxygen atoms in total. The highest BCUT2D eigenvalue weighted by atomic mass is 15.3. The van der Waals surface area contributed by atoms with Crippen molar-refractivity contribution in [3.8, 4) is 0 Å². The smallest absolute Gasteiger partial charge is 0.249 e. The molecule has 0 saturated heterocycles. The Morgan fingerprint density at radius 2 is 1.94 bits per heavy atom. The Hall–Kier alpha value is -2.17. The van der Waals surface area contributed by atoms with Crippen LogP contribution in [0.5, 0.6) is 0 Å². The van der Waals surface area contributed by atoms with E-state index in [0.29, 0.717) is 11.9 Å². The minimum Gasteiger partial charge on any atom is -0.368 e. The molecule has 1 aromatic carbocycles. The third-order valence-corrected chi connectivity index (χ3v) is 2.28. The third-order valence-electron chi connectivity index (χ3n) is 2.28. The highest BCUT2D eigenvalue weighted by Crippen LogP contribution is 2.12. The molecule has 2 aromatic rings. The first-order valence-electron chi connectivity index (χ1n) is 5.99. The van der Waals surface area contributed by atoms with Crippen LogP contribution in [-0.4, -0.2) is 21.7 Å². The molecule has 1 heterocycles. The zero-order valence-electron chi connectivity index (χ0n) is 10.6. The molecule has 18 heavy (non-hydrogen) atoms. The monoisotopic (exact) mass is 243 g/mol. The number of hydrogen-bond acceptors (Lipinski definition) is 5. The van der Waals surface area contributed by atoms with Gasteiger partial charge in [-0.3, -0.25) is 0 Å². The van der Waals surface area contributed by atoms with E-state index in [-0.39, 0.29) is 0 Å². The van der Waals surface area contributed by atoms with E-state index in [1.165, 1.54) is 0 Å². The van der Waals surface area contributed by atoms with Gasteiger partial charge in [0.05, 0.1) is 6.20 Å². The highest BCUT2D eigenvalue weighted by molar-refractivity contribution is 5.53. The molecule has 5 heteroatoms. The van der Waals surface area contributed by atoms with Crippen LogP contribution in [-0.2, 0) is 0 Å². The maximum absolute atomic E-state index is 4.34. The number of anilines is 3. The van der Waals surface area contributed by atoms with Crippen molar-refractivity contribution in [1.82, 2.24) is 15.2 Å². The van der Waals surface area contributed by atoms with E-state index in [2.05, 4.69) is 39.7 Å². The Labute approximate surface area is 107 Å². The van der Waals surface area contributed by atoms with E-state index in [1.807, 2.05) is 30.3 Å². The van der Waals surface area contributed by atoms with Crippen LogP contribution in [0.4, 0.5) is 17.5 Å². The van der Waals surface area contributed by atoms with Gasteiger partial charge in [-0.1, -0.05) is 32.0 Å². The summed E-state index contributed by atoms with van der Waals surface area (Å²) in [6.07, 6.45) is 1.62. The van der Waals surface area contributed by atoms with E-state index in [1.54, 1.807) is 6.20 Å². The fourth-order valence-corrected chi connectivity index (χ4v) is 1.40. The number of hydrogen-bond donors (Lipinski definition) is 2. The molecule has 0 bridgehead atoms. The summed E-state index contributed by atoms with van der Waals surface area (Å²) in [6, 6.07) is 9.79. The molecule has 0 aliphatic heterocycles. The Balaban J connectivity index is 2.03.